The monoisotopic (exact) mass is 1600 g/mol. The first-order valence-electron chi connectivity index (χ1n) is 44.6. The fourth-order valence-corrected chi connectivity index (χ4v) is 22.1. The van der Waals surface area contributed by atoms with Crippen molar-refractivity contribution < 1.29 is 0 Å². The molecular weight excluding hydrogens is 1510 g/mol. The molecule has 0 bridgehead atoms. The van der Waals surface area contributed by atoms with E-state index >= 15 is 0 Å². The van der Waals surface area contributed by atoms with Gasteiger partial charge in [0.1, 0.15) is 0 Å². The van der Waals surface area contributed by atoms with Gasteiger partial charge in [0.25, 0.3) is 0 Å². The SMILES string of the molecule is c1ccc2c3c(ccc2c1)-c1c(ccc2ccccc12)C3.c1ccc2c3c(ccc2c1)-c1c(ccc2ccccc12)C3.c1ccc2c3c(ccc2c1)-c1ccc2ccccc2c1C3.c1ccc2cc3c(cc2c1)Cc1c-3ccc2ccccc12.c1ccc2cc3c(cc2c1)Cc1c-3ccc2ccccc12.c1ccc2cc3c(cc2c1)Cc1cc2ccccc2cc1-3. The summed E-state index contributed by atoms with van der Waals surface area (Å²) < 4.78 is 0. The molecule has 6 aliphatic carbocycles. The summed E-state index contributed by atoms with van der Waals surface area (Å²) in [5.41, 5.74) is 34.7. The molecule has 0 radical (unpaired) electrons. The molecule has 0 aromatic heterocycles. The average Bonchev–Trinajstić information content (AvgIpc) is 1.55. The summed E-state index contributed by atoms with van der Waals surface area (Å²) in [5.74, 6) is 0. The second kappa shape index (κ2) is 30.2. The molecule has 0 amide bonds. The maximum Gasteiger partial charge on any atom is -0.000112 e. The lowest BCUT2D eigenvalue weighted by Gasteiger charge is -2.07. The van der Waals surface area contributed by atoms with Gasteiger partial charge in [-0.25, -0.2) is 0 Å². The number of fused-ring (bicyclic) bond motifs is 38. The predicted molar refractivity (Wildman–Crippen MR) is 538 cm³/mol. The lowest BCUT2D eigenvalue weighted by atomic mass is 9.96. The van der Waals surface area contributed by atoms with Gasteiger partial charge in [0, 0.05) is 0 Å². The van der Waals surface area contributed by atoms with E-state index in [1.165, 1.54) is 263 Å². The minimum Gasteiger partial charge on any atom is -0.0616 e. The summed E-state index contributed by atoms with van der Waals surface area (Å²) in [6.45, 7) is 0. The zero-order valence-corrected chi connectivity index (χ0v) is 69.8. The molecule has 0 heteroatoms. The van der Waals surface area contributed by atoms with Crippen LogP contribution in [0.5, 0.6) is 0 Å². The van der Waals surface area contributed by atoms with Crippen LogP contribution < -0.4 is 0 Å². The maximum atomic E-state index is 2.36. The van der Waals surface area contributed by atoms with Crippen molar-refractivity contribution in [2.75, 3.05) is 0 Å². The standard InChI is InChI=1S/6C21H14/c1-3-7-16-12-20-18(9-14(16)5-1)11-19-10-15-6-2-4-8-17(15)13-21(19)20;1-3-7-16-14(5-1)9-11-18-19-12-10-15-6-2-4-8-17(15)21(19)13-20(16)18;2*1-3-7-17-14(5-1)11-12-19-20(17)13-16-10-9-15-6-2-4-8-18(15)21(16)19;2*1-2-7-16-12-20-17(11-15(16)6-1)13-21-18-8-4-3-5-14(18)9-10-19(20)21/h1-10,12-13H,11H2;5*1-12H,13H2. The van der Waals surface area contributed by atoms with Gasteiger partial charge >= 0.3 is 0 Å². The Morgan fingerprint density at radius 2 is 0.278 bits per heavy atom. The fraction of sp³-hybridized carbons (Fsp3) is 0.0476. The first-order chi connectivity index (χ1) is 62.4. The van der Waals surface area contributed by atoms with Gasteiger partial charge < -0.3 is 0 Å². The molecule has 0 unspecified atom stereocenters. The highest BCUT2D eigenvalue weighted by Gasteiger charge is 2.29. The average molecular weight is 1600 g/mol. The zero-order chi connectivity index (χ0) is 82.9. The first kappa shape index (κ1) is 73.1. The summed E-state index contributed by atoms with van der Waals surface area (Å²) in [4.78, 5) is 0. The minimum atomic E-state index is 1.05. The molecule has 0 heterocycles. The van der Waals surface area contributed by atoms with Crippen LogP contribution >= 0.6 is 0 Å². The second-order valence-corrected chi connectivity index (χ2v) is 35.0. The van der Waals surface area contributed by atoms with Gasteiger partial charge in [0.2, 0.25) is 0 Å². The van der Waals surface area contributed by atoms with Crippen LogP contribution in [0.15, 0.2) is 437 Å². The van der Waals surface area contributed by atoms with Crippen molar-refractivity contribution in [2.24, 2.45) is 0 Å². The fourth-order valence-electron chi connectivity index (χ4n) is 22.1. The van der Waals surface area contributed by atoms with Crippen LogP contribution in [0.3, 0.4) is 0 Å². The van der Waals surface area contributed by atoms with Crippen molar-refractivity contribution >= 4 is 129 Å². The summed E-state index contributed by atoms with van der Waals surface area (Å²) in [7, 11) is 0. The largest absolute Gasteiger partial charge is 0.0616 e. The van der Waals surface area contributed by atoms with Crippen LogP contribution in [0.4, 0.5) is 0 Å². The van der Waals surface area contributed by atoms with Crippen LogP contribution in [0.25, 0.3) is 196 Å². The van der Waals surface area contributed by atoms with Gasteiger partial charge in [0.15, 0.2) is 0 Å². The van der Waals surface area contributed by atoms with Crippen LogP contribution in [-0.4, -0.2) is 0 Å². The van der Waals surface area contributed by atoms with Crippen molar-refractivity contribution in [1.29, 1.82) is 0 Å². The molecule has 24 aromatic rings. The Balaban J connectivity index is 0.0000000824. The van der Waals surface area contributed by atoms with Gasteiger partial charge in [0.05, 0.1) is 0 Å². The Morgan fingerprint density at radius 1 is 0.103 bits per heavy atom. The molecule has 0 atom stereocenters. The Hall–Kier alpha value is -15.6. The molecule has 0 N–H and O–H groups in total. The van der Waals surface area contributed by atoms with Crippen molar-refractivity contribution in [3.63, 3.8) is 0 Å². The predicted octanol–water partition coefficient (Wildman–Crippen LogP) is 33.4. The quantitative estimate of drug-likeness (QED) is 0.142. The summed E-state index contributed by atoms with van der Waals surface area (Å²) in [6, 6.07) is 159. The van der Waals surface area contributed by atoms with E-state index in [9.17, 15) is 0 Å². The van der Waals surface area contributed by atoms with E-state index in [0.717, 1.165) is 38.5 Å². The van der Waals surface area contributed by atoms with Crippen molar-refractivity contribution in [3.8, 4) is 66.8 Å². The Kier molecular flexibility index (Phi) is 17.5. The molecule has 0 saturated heterocycles. The molecular formula is C126H84. The lowest BCUT2D eigenvalue weighted by molar-refractivity contribution is 1.28. The summed E-state index contributed by atoms with van der Waals surface area (Å²) in [6.07, 6.45) is 6.31. The third-order valence-electron chi connectivity index (χ3n) is 28.1. The highest BCUT2D eigenvalue weighted by atomic mass is 14.3. The van der Waals surface area contributed by atoms with E-state index < -0.39 is 0 Å². The van der Waals surface area contributed by atoms with Crippen LogP contribution in [0, 0.1) is 0 Å². The second-order valence-electron chi connectivity index (χ2n) is 35.0. The number of benzene rings is 24. The van der Waals surface area contributed by atoms with E-state index in [0.29, 0.717) is 0 Å². The van der Waals surface area contributed by atoms with Crippen molar-refractivity contribution in [1.82, 2.24) is 0 Å². The topological polar surface area (TPSA) is 0 Å². The molecule has 24 aromatic carbocycles. The number of hydrogen-bond donors (Lipinski definition) is 0. The smallest absolute Gasteiger partial charge is 0.000112 e. The molecule has 0 nitrogen and oxygen atoms in total. The zero-order valence-electron chi connectivity index (χ0n) is 69.8. The number of hydrogen-bond acceptors (Lipinski definition) is 0. The molecule has 0 saturated carbocycles. The summed E-state index contributed by atoms with van der Waals surface area (Å²) >= 11 is 0. The molecule has 30 rings (SSSR count). The van der Waals surface area contributed by atoms with E-state index in [4.69, 9.17) is 0 Å². The molecule has 588 valence electrons. The molecule has 0 aliphatic heterocycles. The number of rotatable bonds is 0. The minimum absolute atomic E-state index is 1.05. The Morgan fingerprint density at radius 3 is 0.556 bits per heavy atom. The van der Waals surface area contributed by atoms with Gasteiger partial charge in [-0.15, -0.1) is 0 Å². The maximum absolute atomic E-state index is 2.36. The van der Waals surface area contributed by atoms with Crippen LogP contribution in [0.2, 0.25) is 0 Å². The highest BCUT2D eigenvalue weighted by Crippen LogP contribution is 2.50. The van der Waals surface area contributed by atoms with Crippen LogP contribution in [0.1, 0.15) is 66.8 Å². The van der Waals surface area contributed by atoms with E-state index in [2.05, 4.69) is 437 Å². The van der Waals surface area contributed by atoms with E-state index in [1.807, 2.05) is 0 Å². The summed E-state index contributed by atoms with van der Waals surface area (Å²) in [5, 5.41) is 32.5. The normalized spacial score (nSPS) is 12.6. The molecule has 126 heavy (non-hydrogen) atoms. The molecule has 6 aliphatic rings. The van der Waals surface area contributed by atoms with Gasteiger partial charge in [-0.3, -0.25) is 0 Å². The lowest BCUT2D eigenvalue weighted by Crippen LogP contribution is -1.84. The first-order valence-corrected chi connectivity index (χ1v) is 44.6. The third kappa shape index (κ3) is 12.5. The molecule has 0 spiro atoms. The van der Waals surface area contributed by atoms with E-state index in [1.54, 1.807) is 0 Å². The van der Waals surface area contributed by atoms with Gasteiger partial charge in [-0.05, 0) is 326 Å². The van der Waals surface area contributed by atoms with E-state index in [-0.39, 0.29) is 0 Å². The van der Waals surface area contributed by atoms with Crippen molar-refractivity contribution in [2.45, 2.75) is 38.5 Å². The van der Waals surface area contributed by atoms with Gasteiger partial charge in [-0.2, -0.15) is 0 Å². The third-order valence-corrected chi connectivity index (χ3v) is 28.1. The Bertz CT molecular complexity index is 8070. The molecule has 0 fully saturated rings. The van der Waals surface area contributed by atoms with Crippen molar-refractivity contribution in [3.05, 3.63) is 504 Å². The van der Waals surface area contributed by atoms with Crippen LogP contribution in [-0.2, 0) is 38.5 Å². The highest BCUT2D eigenvalue weighted by molar-refractivity contribution is 6.09. The van der Waals surface area contributed by atoms with Gasteiger partial charge in [-0.1, -0.05) is 413 Å². The Labute approximate surface area is 732 Å².